The van der Waals surface area contributed by atoms with Crippen molar-refractivity contribution in [2.75, 3.05) is 45.9 Å². The number of hydrogen-bond donors (Lipinski definition) is 1. The van der Waals surface area contributed by atoms with Crippen LogP contribution in [0, 0.1) is 5.82 Å². The van der Waals surface area contributed by atoms with Gasteiger partial charge >= 0.3 is 0 Å². The van der Waals surface area contributed by atoms with E-state index in [9.17, 15) is 9.18 Å². The lowest BCUT2D eigenvalue weighted by Crippen LogP contribution is -2.50. The summed E-state index contributed by atoms with van der Waals surface area (Å²) in [5, 5.41) is 8.79. The molecule has 1 N–H and O–H groups in total. The Labute approximate surface area is 117 Å². The highest BCUT2D eigenvalue weighted by Gasteiger charge is 2.19. The fourth-order valence-electron chi connectivity index (χ4n) is 2.14. The smallest absolute Gasteiger partial charge is 0.248 e. The van der Waals surface area contributed by atoms with Crippen molar-refractivity contribution < 1.29 is 19.0 Å². The van der Waals surface area contributed by atoms with Gasteiger partial charge in [0.15, 0.2) is 0 Å². The largest absolute Gasteiger partial charge is 0.492 e. The predicted molar refractivity (Wildman–Crippen MR) is 72.0 cm³/mol. The molecule has 2 rings (SSSR count). The molecule has 1 fully saturated rings. The molecular weight excluding hydrogens is 263 g/mol. The lowest BCUT2D eigenvalue weighted by molar-refractivity contribution is -0.135. The van der Waals surface area contributed by atoms with Gasteiger partial charge in [0.1, 0.15) is 24.8 Å². The maximum atomic E-state index is 12.7. The molecule has 20 heavy (non-hydrogen) atoms. The van der Waals surface area contributed by atoms with Crippen LogP contribution in [0.4, 0.5) is 4.39 Å². The summed E-state index contributed by atoms with van der Waals surface area (Å²) in [7, 11) is 0. The molecule has 0 saturated carbocycles. The number of hydrogen-bond acceptors (Lipinski definition) is 4. The fraction of sp³-hybridized carbons (Fsp3) is 0.500. The van der Waals surface area contributed by atoms with Crippen molar-refractivity contribution in [2.24, 2.45) is 0 Å². The molecule has 6 heteroatoms. The molecule has 1 aromatic carbocycles. The topological polar surface area (TPSA) is 53.0 Å². The second-order valence-corrected chi connectivity index (χ2v) is 4.68. The van der Waals surface area contributed by atoms with Gasteiger partial charge in [-0.1, -0.05) is 0 Å². The first-order chi connectivity index (χ1) is 9.69. The number of rotatable bonds is 5. The summed E-state index contributed by atoms with van der Waals surface area (Å²) in [5.74, 6) is 0.162. The summed E-state index contributed by atoms with van der Waals surface area (Å²) >= 11 is 0. The van der Waals surface area contributed by atoms with Crippen molar-refractivity contribution in [3.63, 3.8) is 0 Å². The number of ether oxygens (including phenoxy) is 1. The molecular formula is C14H19FN2O3. The number of carbonyl (C=O) groups is 1. The highest BCUT2D eigenvalue weighted by molar-refractivity contribution is 5.77. The zero-order chi connectivity index (χ0) is 14.4. The number of aliphatic hydroxyl groups is 1. The lowest BCUT2D eigenvalue weighted by atomic mass is 10.3. The van der Waals surface area contributed by atoms with E-state index in [4.69, 9.17) is 9.84 Å². The molecule has 0 aromatic heterocycles. The Bertz CT molecular complexity index is 431. The summed E-state index contributed by atoms with van der Waals surface area (Å²) in [6, 6.07) is 5.95. The van der Waals surface area contributed by atoms with Crippen molar-refractivity contribution in [1.29, 1.82) is 0 Å². The van der Waals surface area contributed by atoms with E-state index in [1.54, 1.807) is 17.0 Å². The average Bonchev–Trinajstić information content (AvgIpc) is 2.49. The minimum absolute atomic E-state index is 0.216. The van der Waals surface area contributed by atoms with Crippen LogP contribution < -0.4 is 4.74 Å². The zero-order valence-electron chi connectivity index (χ0n) is 11.3. The summed E-state index contributed by atoms with van der Waals surface area (Å²) in [6.07, 6.45) is 0. The molecule has 0 atom stereocenters. The minimum atomic E-state index is -0.423. The van der Waals surface area contributed by atoms with Crippen LogP contribution in [0.3, 0.4) is 0 Å². The highest BCUT2D eigenvalue weighted by atomic mass is 19.1. The quantitative estimate of drug-likeness (QED) is 0.846. The molecule has 1 amide bonds. The van der Waals surface area contributed by atoms with Crippen molar-refractivity contribution in [3.8, 4) is 5.75 Å². The van der Waals surface area contributed by atoms with Gasteiger partial charge in [0.05, 0.1) is 0 Å². The van der Waals surface area contributed by atoms with E-state index >= 15 is 0 Å². The molecule has 1 aliphatic heterocycles. The molecule has 1 aliphatic rings. The van der Waals surface area contributed by atoms with Gasteiger partial charge in [-0.3, -0.25) is 9.69 Å². The fourth-order valence-corrected chi connectivity index (χ4v) is 2.14. The van der Waals surface area contributed by atoms with Gasteiger partial charge in [0.25, 0.3) is 0 Å². The van der Waals surface area contributed by atoms with E-state index in [1.807, 2.05) is 0 Å². The van der Waals surface area contributed by atoms with Gasteiger partial charge in [-0.25, -0.2) is 4.39 Å². The second kappa shape index (κ2) is 7.21. The SMILES string of the molecule is O=C(CO)N1CCN(CCOc2ccc(F)cc2)CC1. The van der Waals surface area contributed by atoms with Gasteiger partial charge in [-0.2, -0.15) is 0 Å². The number of nitrogens with zero attached hydrogens (tertiary/aromatic N) is 2. The van der Waals surface area contributed by atoms with Crippen LogP contribution in [0.25, 0.3) is 0 Å². The predicted octanol–water partition coefficient (Wildman–Crippen LogP) is 0.341. The van der Waals surface area contributed by atoms with Crippen LogP contribution in [-0.4, -0.2) is 66.8 Å². The van der Waals surface area contributed by atoms with E-state index in [2.05, 4.69) is 4.90 Å². The van der Waals surface area contributed by atoms with Crippen molar-refractivity contribution in [1.82, 2.24) is 9.80 Å². The first-order valence-corrected chi connectivity index (χ1v) is 6.68. The summed E-state index contributed by atoms with van der Waals surface area (Å²) in [5.41, 5.74) is 0. The molecule has 0 aliphatic carbocycles. The standard InChI is InChI=1S/C14H19FN2O3/c15-12-1-3-13(4-2-12)20-10-9-16-5-7-17(8-6-16)14(19)11-18/h1-4,18H,5-11H2. The van der Waals surface area contributed by atoms with Crippen molar-refractivity contribution in [2.45, 2.75) is 0 Å². The monoisotopic (exact) mass is 282 g/mol. The number of amides is 1. The minimum Gasteiger partial charge on any atom is -0.492 e. The molecule has 0 unspecified atom stereocenters. The number of aliphatic hydroxyl groups excluding tert-OH is 1. The van der Waals surface area contributed by atoms with E-state index in [-0.39, 0.29) is 11.7 Å². The third-order valence-corrected chi connectivity index (χ3v) is 3.35. The Kier molecular flexibility index (Phi) is 5.31. The number of piperazine rings is 1. The van der Waals surface area contributed by atoms with Gasteiger partial charge in [0.2, 0.25) is 5.91 Å². The molecule has 0 spiro atoms. The Morgan fingerprint density at radius 3 is 2.45 bits per heavy atom. The average molecular weight is 282 g/mol. The van der Waals surface area contributed by atoms with Gasteiger partial charge in [0, 0.05) is 32.7 Å². The number of halogens is 1. The summed E-state index contributed by atoms with van der Waals surface area (Å²) < 4.78 is 18.2. The Hall–Kier alpha value is -1.66. The van der Waals surface area contributed by atoms with Gasteiger partial charge < -0.3 is 14.7 Å². The Morgan fingerprint density at radius 2 is 1.85 bits per heavy atom. The number of benzene rings is 1. The summed E-state index contributed by atoms with van der Waals surface area (Å²) in [4.78, 5) is 15.2. The van der Waals surface area contributed by atoms with E-state index in [0.717, 1.165) is 19.6 Å². The third-order valence-electron chi connectivity index (χ3n) is 3.35. The van der Waals surface area contributed by atoms with Crippen molar-refractivity contribution >= 4 is 5.91 Å². The Balaban J connectivity index is 1.66. The first-order valence-electron chi connectivity index (χ1n) is 6.68. The van der Waals surface area contributed by atoms with Crippen LogP contribution in [0.5, 0.6) is 5.75 Å². The maximum Gasteiger partial charge on any atom is 0.248 e. The molecule has 0 radical (unpaired) electrons. The van der Waals surface area contributed by atoms with E-state index < -0.39 is 6.61 Å². The maximum absolute atomic E-state index is 12.7. The Morgan fingerprint density at radius 1 is 1.20 bits per heavy atom. The molecule has 1 saturated heterocycles. The normalized spacial score (nSPS) is 16.2. The lowest BCUT2D eigenvalue weighted by Gasteiger charge is -2.34. The summed E-state index contributed by atoms with van der Waals surface area (Å²) in [6.45, 7) is 3.69. The molecule has 1 heterocycles. The first kappa shape index (κ1) is 14.7. The van der Waals surface area contributed by atoms with E-state index in [1.165, 1.54) is 12.1 Å². The van der Waals surface area contributed by atoms with Gasteiger partial charge in [-0.05, 0) is 24.3 Å². The van der Waals surface area contributed by atoms with Gasteiger partial charge in [-0.15, -0.1) is 0 Å². The van der Waals surface area contributed by atoms with Crippen LogP contribution in [-0.2, 0) is 4.79 Å². The van der Waals surface area contributed by atoms with Crippen molar-refractivity contribution in [3.05, 3.63) is 30.1 Å². The highest BCUT2D eigenvalue weighted by Crippen LogP contribution is 2.11. The molecule has 1 aromatic rings. The molecule has 5 nitrogen and oxygen atoms in total. The van der Waals surface area contributed by atoms with Crippen LogP contribution in [0.1, 0.15) is 0 Å². The second-order valence-electron chi connectivity index (χ2n) is 4.68. The molecule has 0 bridgehead atoms. The van der Waals surface area contributed by atoms with Crippen LogP contribution in [0.2, 0.25) is 0 Å². The van der Waals surface area contributed by atoms with Crippen LogP contribution in [0.15, 0.2) is 24.3 Å². The van der Waals surface area contributed by atoms with Crippen LogP contribution >= 0.6 is 0 Å². The van der Waals surface area contributed by atoms with E-state index in [0.29, 0.717) is 25.4 Å². The molecule has 110 valence electrons. The zero-order valence-corrected chi connectivity index (χ0v) is 11.3. The number of carbonyl (C=O) groups excluding carboxylic acids is 1. The third kappa shape index (κ3) is 4.18.